The third-order valence-electron chi connectivity index (χ3n) is 2.39. The fraction of sp³-hybridized carbons (Fsp3) is 0.643. The monoisotopic (exact) mass is 256 g/mol. The largest absolute Gasteiger partial charge is 0.480 e. The second-order valence-electron chi connectivity index (χ2n) is 4.51. The molecule has 98 valence electrons. The number of aliphatic carboxylic acids is 1. The summed E-state index contributed by atoms with van der Waals surface area (Å²) >= 11 is 1.34. The van der Waals surface area contributed by atoms with Crippen molar-refractivity contribution in [1.29, 1.82) is 0 Å². The summed E-state index contributed by atoms with van der Waals surface area (Å²) in [6.45, 7) is 5.63. The van der Waals surface area contributed by atoms with Gasteiger partial charge >= 0.3 is 5.97 Å². The van der Waals surface area contributed by atoms with Gasteiger partial charge in [-0.05, 0) is 38.5 Å². The Kier molecular flexibility index (Phi) is 8.96. The summed E-state index contributed by atoms with van der Waals surface area (Å²) in [5.74, 6) is -0.776. The smallest absolute Gasteiger partial charge is 0.319 e. The summed E-state index contributed by atoms with van der Waals surface area (Å²) < 4.78 is -0.735. The van der Waals surface area contributed by atoms with E-state index in [1.807, 2.05) is 11.5 Å². The zero-order valence-electron chi connectivity index (χ0n) is 11.1. The molecule has 0 heterocycles. The van der Waals surface area contributed by atoms with Gasteiger partial charge in [-0.2, -0.15) is 0 Å². The first-order chi connectivity index (χ1) is 8.00. The Morgan fingerprint density at radius 2 is 1.94 bits per heavy atom. The van der Waals surface area contributed by atoms with Crippen molar-refractivity contribution in [3.63, 3.8) is 0 Å². The van der Waals surface area contributed by atoms with Crippen molar-refractivity contribution in [3.8, 4) is 0 Å². The van der Waals surface area contributed by atoms with Crippen LogP contribution in [0.25, 0.3) is 0 Å². The summed E-state index contributed by atoms with van der Waals surface area (Å²) in [5, 5.41) is 10.8. The predicted octanol–water partition coefficient (Wildman–Crippen LogP) is 4.62. The summed E-state index contributed by atoms with van der Waals surface area (Å²) in [7, 11) is 0. The molecular formula is C14H24O2S. The molecule has 0 fully saturated rings. The van der Waals surface area contributed by atoms with Gasteiger partial charge in [-0.1, -0.05) is 38.0 Å². The van der Waals surface area contributed by atoms with Crippen LogP contribution in [-0.4, -0.2) is 15.8 Å². The van der Waals surface area contributed by atoms with E-state index >= 15 is 0 Å². The second kappa shape index (κ2) is 9.34. The van der Waals surface area contributed by atoms with E-state index in [4.69, 9.17) is 5.11 Å². The molecule has 0 atom stereocenters. The molecule has 0 amide bonds. The molecule has 0 aromatic heterocycles. The van der Waals surface area contributed by atoms with Crippen LogP contribution < -0.4 is 0 Å². The standard InChI is InChI=1S/C14H24O2S/c1-4-5-6-7-8-9-10-11-12-17-14(2,3)13(15)16/h8-9,11-12H,4-7,10H2,1-3H3,(H,15,16)/b9-8-,12-11-. The van der Waals surface area contributed by atoms with E-state index in [0.29, 0.717) is 0 Å². The Labute approximate surface area is 109 Å². The number of hydrogen-bond donors (Lipinski definition) is 1. The molecule has 0 aliphatic heterocycles. The molecule has 0 aromatic carbocycles. The summed E-state index contributed by atoms with van der Waals surface area (Å²) in [6, 6.07) is 0. The maximum absolute atomic E-state index is 10.8. The van der Waals surface area contributed by atoms with E-state index in [2.05, 4.69) is 19.1 Å². The Hall–Kier alpha value is -0.700. The molecule has 0 saturated heterocycles. The van der Waals surface area contributed by atoms with Crippen LogP contribution in [0.1, 0.15) is 52.9 Å². The lowest BCUT2D eigenvalue weighted by atomic mass is 10.2. The number of unbranched alkanes of at least 4 members (excludes halogenated alkanes) is 3. The quantitative estimate of drug-likeness (QED) is 0.483. The first kappa shape index (κ1) is 16.3. The SMILES string of the molecule is CCCCC/C=C\C/C=C\SC(C)(C)C(=O)O. The average molecular weight is 256 g/mol. The summed E-state index contributed by atoms with van der Waals surface area (Å²) in [4.78, 5) is 10.8. The van der Waals surface area contributed by atoms with Gasteiger partial charge in [-0.15, -0.1) is 11.8 Å². The summed E-state index contributed by atoms with van der Waals surface area (Å²) in [6.07, 6.45) is 12.2. The van der Waals surface area contributed by atoms with Gasteiger partial charge in [0.2, 0.25) is 0 Å². The maximum atomic E-state index is 10.8. The predicted molar refractivity (Wildman–Crippen MR) is 76.3 cm³/mol. The van der Waals surface area contributed by atoms with E-state index < -0.39 is 10.7 Å². The molecule has 2 nitrogen and oxygen atoms in total. The van der Waals surface area contributed by atoms with Crippen LogP contribution in [0.5, 0.6) is 0 Å². The van der Waals surface area contributed by atoms with Crippen LogP contribution >= 0.6 is 11.8 Å². The lowest BCUT2D eigenvalue weighted by Crippen LogP contribution is -2.26. The highest BCUT2D eigenvalue weighted by Crippen LogP contribution is 2.25. The van der Waals surface area contributed by atoms with Crippen molar-refractivity contribution in [1.82, 2.24) is 0 Å². The molecule has 0 rings (SSSR count). The van der Waals surface area contributed by atoms with Gasteiger partial charge in [-0.3, -0.25) is 4.79 Å². The molecule has 0 aliphatic rings. The fourth-order valence-electron chi connectivity index (χ4n) is 1.13. The number of thioether (sulfide) groups is 1. The van der Waals surface area contributed by atoms with E-state index in [1.54, 1.807) is 13.8 Å². The molecule has 0 unspecified atom stereocenters. The Morgan fingerprint density at radius 1 is 1.24 bits per heavy atom. The highest BCUT2D eigenvalue weighted by atomic mass is 32.2. The Bertz CT molecular complexity index is 267. The van der Waals surface area contributed by atoms with Crippen molar-refractivity contribution >= 4 is 17.7 Å². The van der Waals surface area contributed by atoms with Crippen LogP contribution in [0.3, 0.4) is 0 Å². The third kappa shape index (κ3) is 9.04. The molecule has 1 N–H and O–H groups in total. The lowest BCUT2D eigenvalue weighted by molar-refractivity contribution is -0.138. The van der Waals surface area contributed by atoms with E-state index in [9.17, 15) is 4.79 Å². The number of carboxylic acid groups (broad SMARTS) is 1. The molecule has 0 spiro atoms. The van der Waals surface area contributed by atoms with Gasteiger partial charge in [0, 0.05) is 0 Å². The fourth-order valence-corrected chi connectivity index (χ4v) is 1.78. The maximum Gasteiger partial charge on any atom is 0.319 e. The number of rotatable bonds is 9. The molecule has 3 heteroatoms. The van der Waals surface area contributed by atoms with E-state index in [0.717, 1.165) is 12.8 Å². The Balaban J connectivity index is 3.64. The van der Waals surface area contributed by atoms with Crippen molar-refractivity contribution < 1.29 is 9.90 Å². The summed E-state index contributed by atoms with van der Waals surface area (Å²) in [5.41, 5.74) is 0. The number of carbonyl (C=O) groups is 1. The Morgan fingerprint density at radius 3 is 2.53 bits per heavy atom. The van der Waals surface area contributed by atoms with Gasteiger partial charge < -0.3 is 5.11 Å². The second-order valence-corrected chi connectivity index (χ2v) is 6.04. The number of hydrogen-bond acceptors (Lipinski definition) is 2. The minimum atomic E-state index is -0.776. The molecule has 0 saturated carbocycles. The van der Waals surface area contributed by atoms with Gasteiger partial charge in [0.05, 0.1) is 0 Å². The molecular weight excluding hydrogens is 232 g/mol. The first-order valence-electron chi connectivity index (χ1n) is 6.22. The van der Waals surface area contributed by atoms with E-state index in [-0.39, 0.29) is 0 Å². The van der Waals surface area contributed by atoms with Crippen LogP contribution in [0.2, 0.25) is 0 Å². The van der Waals surface area contributed by atoms with Gasteiger partial charge in [0.15, 0.2) is 0 Å². The zero-order chi connectivity index (χ0) is 13.1. The van der Waals surface area contributed by atoms with Crippen LogP contribution in [0.15, 0.2) is 23.6 Å². The van der Waals surface area contributed by atoms with Gasteiger partial charge in [0.25, 0.3) is 0 Å². The highest BCUT2D eigenvalue weighted by Gasteiger charge is 2.26. The van der Waals surface area contributed by atoms with Gasteiger partial charge in [-0.25, -0.2) is 0 Å². The molecule has 0 aromatic rings. The van der Waals surface area contributed by atoms with Crippen molar-refractivity contribution in [2.75, 3.05) is 0 Å². The average Bonchev–Trinajstić information content (AvgIpc) is 2.26. The van der Waals surface area contributed by atoms with Crippen molar-refractivity contribution in [2.45, 2.75) is 57.6 Å². The van der Waals surface area contributed by atoms with Crippen LogP contribution in [-0.2, 0) is 4.79 Å². The zero-order valence-corrected chi connectivity index (χ0v) is 11.9. The molecule has 0 radical (unpaired) electrons. The molecule has 0 aliphatic carbocycles. The molecule has 0 bridgehead atoms. The lowest BCUT2D eigenvalue weighted by Gasteiger charge is -2.14. The molecule has 17 heavy (non-hydrogen) atoms. The first-order valence-corrected chi connectivity index (χ1v) is 7.10. The topological polar surface area (TPSA) is 37.3 Å². The van der Waals surface area contributed by atoms with Crippen molar-refractivity contribution in [3.05, 3.63) is 23.6 Å². The normalized spacial score (nSPS) is 12.6. The number of allylic oxidation sites excluding steroid dienone is 3. The van der Waals surface area contributed by atoms with Crippen molar-refractivity contribution in [2.24, 2.45) is 0 Å². The minimum absolute atomic E-state index is 0.735. The van der Waals surface area contributed by atoms with Crippen LogP contribution in [0.4, 0.5) is 0 Å². The third-order valence-corrected chi connectivity index (χ3v) is 3.48. The highest BCUT2D eigenvalue weighted by molar-refractivity contribution is 8.04. The minimum Gasteiger partial charge on any atom is -0.480 e. The number of carboxylic acids is 1. The van der Waals surface area contributed by atoms with E-state index in [1.165, 1.54) is 31.0 Å². The van der Waals surface area contributed by atoms with Crippen LogP contribution in [0, 0.1) is 0 Å². The van der Waals surface area contributed by atoms with Gasteiger partial charge in [0.1, 0.15) is 4.75 Å².